The van der Waals surface area contributed by atoms with Crippen LogP contribution in [0, 0.1) is 11.8 Å². The van der Waals surface area contributed by atoms with Gasteiger partial charge in [0.25, 0.3) is 0 Å². The number of ketones is 1. The number of Topliss-reactive ketones (excluding diaryl/α,β-unsaturated/α-hetero) is 1. The molecule has 4 aliphatic rings. The monoisotopic (exact) mass is 448 g/mol. The zero-order valence-corrected chi connectivity index (χ0v) is 18.6. The number of anilines is 1. The van der Waals surface area contributed by atoms with Gasteiger partial charge in [-0.3, -0.25) is 19.3 Å². The molecule has 4 aliphatic heterocycles. The summed E-state index contributed by atoms with van der Waals surface area (Å²) in [7, 11) is 0. The van der Waals surface area contributed by atoms with E-state index in [2.05, 4.69) is 6.08 Å². The molecule has 1 aromatic carbocycles. The zero-order chi connectivity index (χ0) is 22.0. The first-order valence-electron chi connectivity index (χ1n) is 11.2. The van der Waals surface area contributed by atoms with Crippen LogP contribution in [0.3, 0.4) is 0 Å². The molecule has 3 saturated heterocycles. The molecule has 0 spiro atoms. The number of likely N-dealkylation sites (tertiary alicyclic amines) is 1. The second-order valence-corrected chi connectivity index (χ2v) is 9.97. The normalized spacial score (nSPS) is 30.9. The molecule has 5 heterocycles. The summed E-state index contributed by atoms with van der Waals surface area (Å²) < 4.78 is 5.70. The van der Waals surface area contributed by atoms with Crippen molar-refractivity contribution in [3.8, 4) is 0 Å². The molecule has 0 bridgehead atoms. The standard InChI is InChI=1S/C25H24N2O4S/c1-14-12-18-20-21(25(30)26(24(20)29)13-15-6-4-10-31-15)22(23(28)19-9-5-11-32-19)27(18)17-8-3-2-7-16(14)17/h2-3,5,7-9,11-12,15,18,20-22H,4,6,10,13H2,1H3/t15-,18+,20+,21-,22+/m1/s1. The van der Waals surface area contributed by atoms with Gasteiger partial charge in [0.15, 0.2) is 5.78 Å². The lowest BCUT2D eigenvalue weighted by atomic mass is 9.86. The Morgan fingerprint density at radius 2 is 1.94 bits per heavy atom. The van der Waals surface area contributed by atoms with Crippen LogP contribution in [0.1, 0.15) is 35.0 Å². The van der Waals surface area contributed by atoms with Crippen molar-refractivity contribution in [3.05, 3.63) is 58.3 Å². The molecule has 0 N–H and O–H groups in total. The van der Waals surface area contributed by atoms with Gasteiger partial charge in [0.05, 0.1) is 35.4 Å². The van der Waals surface area contributed by atoms with Crippen LogP contribution in [0.5, 0.6) is 0 Å². The van der Waals surface area contributed by atoms with E-state index in [4.69, 9.17) is 4.74 Å². The van der Waals surface area contributed by atoms with Gasteiger partial charge in [-0.2, -0.15) is 0 Å². The first-order valence-corrected chi connectivity index (χ1v) is 12.0. The molecule has 0 radical (unpaired) electrons. The molecule has 2 aromatic rings. The van der Waals surface area contributed by atoms with E-state index in [1.165, 1.54) is 16.2 Å². The number of hydrogen-bond acceptors (Lipinski definition) is 6. The zero-order valence-electron chi connectivity index (χ0n) is 17.8. The van der Waals surface area contributed by atoms with E-state index >= 15 is 0 Å². The third kappa shape index (κ3) is 2.77. The Kier molecular flexibility index (Phi) is 4.59. The van der Waals surface area contributed by atoms with Crippen LogP contribution in [0.25, 0.3) is 5.57 Å². The minimum absolute atomic E-state index is 0.0830. The van der Waals surface area contributed by atoms with E-state index in [0.717, 1.165) is 29.7 Å². The van der Waals surface area contributed by atoms with Crippen molar-refractivity contribution in [3.63, 3.8) is 0 Å². The van der Waals surface area contributed by atoms with Crippen LogP contribution in [-0.2, 0) is 14.3 Å². The minimum atomic E-state index is -0.694. The number of thiophene rings is 1. The first-order chi connectivity index (χ1) is 15.6. The Morgan fingerprint density at radius 3 is 2.69 bits per heavy atom. The van der Waals surface area contributed by atoms with Crippen molar-refractivity contribution < 1.29 is 19.1 Å². The van der Waals surface area contributed by atoms with Crippen LogP contribution in [0.4, 0.5) is 5.69 Å². The van der Waals surface area contributed by atoms with Gasteiger partial charge in [-0.1, -0.05) is 30.3 Å². The van der Waals surface area contributed by atoms with Crippen molar-refractivity contribution in [2.75, 3.05) is 18.1 Å². The van der Waals surface area contributed by atoms with Crippen LogP contribution in [0.2, 0.25) is 0 Å². The second kappa shape index (κ2) is 7.39. The predicted molar refractivity (Wildman–Crippen MR) is 121 cm³/mol. The molecule has 6 rings (SSSR count). The minimum Gasteiger partial charge on any atom is -0.376 e. The highest BCUT2D eigenvalue weighted by Gasteiger charge is 2.64. The van der Waals surface area contributed by atoms with Gasteiger partial charge in [0.1, 0.15) is 6.04 Å². The van der Waals surface area contributed by atoms with Crippen molar-refractivity contribution >= 4 is 40.2 Å². The number of allylic oxidation sites excluding steroid dienone is 1. The van der Waals surface area contributed by atoms with Crippen molar-refractivity contribution in [2.45, 2.75) is 38.0 Å². The molecular weight excluding hydrogens is 424 g/mol. The van der Waals surface area contributed by atoms with Gasteiger partial charge in [-0.15, -0.1) is 11.3 Å². The third-order valence-electron chi connectivity index (χ3n) is 7.29. The predicted octanol–water partition coefficient (Wildman–Crippen LogP) is 3.39. The maximum Gasteiger partial charge on any atom is 0.235 e. The molecule has 164 valence electrons. The Balaban J connectivity index is 1.45. The molecule has 2 amide bonds. The molecule has 32 heavy (non-hydrogen) atoms. The lowest BCUT2D eigenvalue weighted by Crippen LogP contribution is -2.49. The fraction of sp³-hybridized carbons (Fsp3) is 0.400. The number of carbonyl (C=O) groups excluding carboxylic acids is 3. The first kappa shape index (κ1) is 19.9. The van der Waals surface area contributed by atoms with Gasteiger partial charge in [-0.25, -0.2) is 0 Å². The highest BCUT2D eigenvalue weighted by Crippen LogP contribution is 2.50. The van der Waals surface area contributed by atoms with E-state index in [1.54, 1.807) is 6.07 Å². The lowest BCUT2D eigenvalue weighted by Gasteiger charge is -2.38. The van der Waals surface area contributed by atoms with Crippen LogP contribution < -0.4 is 4.90 Å². The smallest absolute Gasteiger partial charge is 0.235 e. The number of amides is 2. The number of nitrogens with zero attached hydrogens (tertiary/aromatic N) is 2. The summed E-state index contributed by atoms with van der Waals surface area (Å²) in [5, 5.41) is 1.87. The SMILES string of the molecule is CC1=C[C@H]2[C@@H]3C(=O)N(C[C@H]4CCCO4)C(=O)[C@H]3[C@@H](C(=O)c3cccs3)N2c2ccccc21. The molecule has 0 saturated carbocycles. The van der Waals surface area contributed by atoms with Crippen molar-refractivity contribution in [2.24, 2.45) is 11.8 Å². The van der Waals surface area contributed by atoms with E-state index in [9.17, 15) is 14.4 Å². The summed E-state index contributed by atoms with van der Waals surface area (Å²) in [6.07, 6.45) is 3.77. The van der Waals surface area contributed by atoms with E-state index in [-0.39, 0.29) is 36.3 Å². The summed E-state index contributed by atoms with van der Waals surface area (Å²) in [5.74, 6) is -1.72. The lowest BCUT2D eigenvalue weighted by molar-refractivity contribution is -0.142. The Bertz CT molecular complexity index is 1130. The highest BCUT2D eigenvalue weighted by molar-refractivity contribution is 7.12. The summed E-state index contributed by atoms with van der Waals surface area (Å²) in [4.78, 5) is 45.0. The molecule has 0 unspecified atom stereocenters. The van der Waals surface area contributed by atoms with E-state index in [0.29, 0.717) is 11.5 Å². The maximum absolute atomic E-state index is 13.7. The number of ether oxygens (including phenoxy) is 1. The van der Waals surface area contributed by atoms with Gasteiger partial charge in [0.2, 0.25) is 11.8 Å². The average molecular weight is 449 g/mol. The molecule has 5 atom stereocenters. The number of fused-ring (bicyclic) bond motifs is 5. The van der Waals surface area contributed by atoms with E-state index < -0.39 is 17.9 Å². The number of para-hydroxylation sites is 1. The Morgan fingerprint density at radius 1 is 1.12 bits per heavy atom. The average Bonchev–Trinajstić information content (AvgIpc) is 3.58. The van der Waals surface area contributed by atoms with Gasteiger partial charge in [0, 0.05) is 17.9 Å². The molecular formula is C25H24N2O4S. The van der Waals surface area contributed by atoms with Gasteiger partial charge >= 0.3 is 0 Å². The summed E-state index contributed by atoms with van der Waals surface area (Å²) in [6, 6.07) is 10.6. The van der Waals surface area contributed by atoms with Crippen LogP contribution in [-0.4, -0.2) is 53.8 Å². The van der Waals surface area contributed by atoms with Crippen LogP contribution >= 0.6 is 11.3 Å². The molecule has 7 heteroatoms. The maximum atomic E-state index is 13.7. The fourth-order valence-electron chi connectivity index (χ4n) is 5.90. The molecule has 0 aliphatic carbocycles. The number of benzene rings is 1. The fourth-order valence-corrected chi connectivity index (χ4v) is 6.59. The number of carbonyl (C=O) groups is 3. The van der Waals surface area contributed by atoms with Crippen molar-refractivity contribution in [1.82, 2.24) is 4.90 Å². The van der Waals surface area contributed by atoms with Gasteiger partial charge < -0.3 is 9.64 Å². The van der Waals surface area contributed by atoms with Crippen LogP contribution in [0.15, 0.2) is 47.9 Å². The summed E-state index contributed by atoms with van der Waals surface area (Å²) in [6.45, 7) is 2.99. The Hall–Kier alpha value is -2.77. The number of imide groups is 1. The Labute approximate surface area is 190 Å². The molecule has 1 aromatic heterocycles. The van der Waals surface area contributed by atoms with Crippen molar-refractivity contribution in [1.29, 1.82) is 0 Å². The topological polar surface area (TPSA) is 66.9 Å². The van der Waals surface area contributed by atoms with E-state index in [1.807, 2.05) is 47.5 Å². The summed E-state index contributed by atoms with van der Waals surface area (Å²) in [5.41, 5.74) is 3.04. The second-order valence-electron chi connectivity index (χ2n) is 9.02. The quantitative estimate of drug-likeness (QED) is 0.530. The third-order valence-corrected chi connectivity index (χ3v) is 8.17. The van der Waals surface area contributed by atoms with Gasteiger partial charge in [-0.05, 0) is 42.9 Å². The molecule has 6 nitrogen and oxygen atoms in total. The summed E-state index contributed by atoms with van der Waals surface area (Å²) >= 11 is 1.38. The number of rotatable bonds is 4. The number of hydrogen-bond donors (Lipinski definition) is 0. The molecule has 3 fully saturated rings. The largest absolute Gasteiger partial charge is 0.376 e. The highest BCUT2D eigenvalue weighted by atomic mass is 32.1.